The van der Waals surface area contributed by atoms with Crippen LogP contribution < -0.4 is 5.32 Å². The fourth-order valence-electron chi connectivity index (χ4n) is 2.00. The molecule has 0 aliphatic rings. The Morgan fingerprint density at radius 3 is 2.67 bits per heavy atom. The molecule has 0 radical (unpaired) electrons. The van der Waals surface area contributed by atoms with E-state index >= 15 is 0 Å². The third kappa shape index (κ3) is 2.92. The minimum absolute atomic E-state index is 0.816. The molecule has 0 saturated carbocycles. The lowest BCUT2D eigenvalue weighted by Crippen LogP contribution is -2.05. The Kier molecular flexibility index (Phi) is 4.03. The number of nitrogens with zero attached hydrogens (tertiary/aromatic N) is 2. The molecule has 2 aromatic rings. The summed E-state index contributed by atoms with van der Waals surface area (Å²) in [5.74, 6) is 0. The lowest BCUT2D eigenvalue weighted by molar-refractivity contribution is 0.707. The van der Waals surface area contributed by atoms with Crippen LogP contribution in [0.5, 0.6) is 0 Å². The van der Waals surface area contributed by atoms with E-state index < -0.39 is 0 Å². The van der Waals surface area contributed by atoms with Gasteiger partial charge in [-0.15, -0.1) is 0 Å². The Balaban J connectivity index is 2.03. The molecule has 0 unspecified atom stereocenters. The normalized spacial score (nSPS) is 10.6. The number of benzene rings is 1. The second kappa shape index (κ2) is 5.71. The van der Waals surface area contributed by atoms with Gasteiger partial charge in [0, 0.05) is 12.7 Å². The van der Waals surface area contributed by atoms with E-state index in [2.05, 4.69) is 54.6 Å². The van der Waals surface area contributed by atoms with Crippen LogP contribution >= 0.6 is 0 Å². The van der Waals surface area contributed by atoms with Crippen LogP contribution in [0, 0.1) is 0 Å². The van der Waals surface area contributed by atoms with Gasteiger partial charge in [-0.25, -0.2) is 0 Å². The topological polar surface area (TPSA) is 29.9 Å². The van der Waals surface area contributed by atoms with Crippen molar-refractivity contribution >= 4 is 5.69 Å². The molecule has 1 heterocycles. The van der Waals surface area contributed by atoms with Crippen LogP contribution in [0.2, 0.25) is 0 Å². The predicted molar refractivity (Wildman–Crippen MR) is 75.7 cm³/mol. The first-order valence-corrected chi connectivity index (χ1v) is 6.57. The molecule has 0 fully saturated rings. The molecule has 0 atom stereocenters. The van der Waals surface area contributed by atoms with Crippen LogP contribution in [-0.4, -0.2) is 9.78 Å². The van der Waals surface area contributed by atoms with Crippen LogP contribution in [0.4, 0.5) is 5.69 Å². The molecule has 0 aliphatic carbocycles. The van der Waals surface area contributed by atoms with Gasteiger partial charge in [0.2, 0.25) is 0 Å². The summed E-state index contributed by atoms with van der Waals surface area (Å²) in [4.78, 5) is 0. The zero-order valence-corrected chi connectivity index (χ0v) is 11.4. The number of hydrogen-bond donors (Lipinski definition) is 1. The van der Waals surface area contributed by atoms with Gasteiger partial charge >= 0.3 is 0 Å². The van der Waals surface area contributed by atoms with E-state index in [1.165, 1.54) is 16.9 Å². The standard InChI is InChI=1S/C15H21N3/c1-4-12-7-6-8-14(9-12)16-11-15-10-13(5-2)17-18(15)3/h6-10,16H,4-5,11H2,1-3H3. The highest BCUT2D eigenvalue weighted by Crippen LogP contribution is 2.13. The summed E-state index contributed by atoms with van der Waals surface area (Å²) in [6.07, 6.45) is 2.06. The molecule has 0 amide bonds. The van der Waals surface area contributed by atoms with Crippen LogP contribution in [-0.2, 0) is 26.4 Å². The average Bonchev–Trinajstić information content (AvgIpc) is 2.77. The van der Waals surface area contributed by atoms with Gasteiger partial charge in [0.1, 0.15) is 0 Å². The van der Waals surface area contributed by atoms with Crippen molar-refractivity contribution in [3.05, 3.63) is 47.3 Å². The first-order chi connectivity index (χ1) is 8.72. The second-order valence-electron chi connectivity index (χ2n) is 4.51. The van der Waals surface area contributed by atoms with Gasteiger partial charge in [-0.05, 0) is 36.6 Å². The molecule has 18 heavy (non-hydrogen) atoms. The van der Waals surface area contributed by atoms with Crippen molar-refractivity contribution in [2.45, 2.75) is 33.2 Å². The predicted octanol–water partition coefficient (Wildman–Crippen LogP) is 3.16. The van der Waals surface area contributed by atoms with Crippen molar-refractivity contribution in [3.8, 4) is 0 Å². The molecule has 3 nitrogen and oxygen atoms in total. The lowest BCUT2D eigenvalue weighted by atomic mass is 10.1. The highest BCUT2D eigenvalue weighted by molar-refractivity contribution is 5.46. The van der Waals surface area contributed by atoms with E-state index in [1.807, 2.05) is 11.7 Å². The summed E-state index contributed by atoms with van der Waals surface area (Å²) in [6.45, 7) is 5.12. The summed E-state index contributed by atoms with van der Waals surface area (Å²) < 4.78 is 1.95. The van der Waals surface area contributed by atoms with Crippen molar-refractivity contribution in [2.75, 3.05) is 5.32 Å². The van der Waals surface area contributed by atoms with E-state index in [4.69, 9.17) is 0 Å². The molecular formula is C15H21N3. The molecule has 1 aromatic carbocycles. The molecule has 2 rings (SSSR count). The Morgan fingerprint density at radius 2 is 2.00 bits per heavy atom. The maximum atomic E-state index is 4.45. The van der Waals surface area contributed by atoms with Gasteiger partial charge in [-0.1, -0.05) is 26.0 Å². The Hall–Kier alpha value is -1.77. The van der Waals surface area contributed by atoms with Gasteiger partial charge < -0.3 is 5.32 Å². The molecule has 96 valence electrons. The van der Waals surface area contributed by atoms with Gasteiger partial charge in [-0.2, -0.15) is 5.10 Å². The van der Waals surface area contributed by atoms with Crippen molar-refractivity contribution in [1.82, 2.24) is 9.78 Å². The minimum atomic E-state index is 0.816. The monoisotopic (exact) mass is 243 g/mol. The second-order valence-corrected chi connectivity index (χ2v) is 4.51. The summed E-state index contributed by atoms with van der Waals surface area (Å²) >= 11 is 0. The fraction of sp³-hybridized carbons (Fsp3) is 0.400. The van der Waals surface area contributed by atoms with Gasteiger partial charge in [0.15, 0.2) is 0 Å². The zero-order chi connectivity index (χ0) is 13.0. The molecular weight excluding hydrogens is 222 g/mol. The fourth-order valence-corrected chi connectivity index (χ4v) is 2.00. The highest BCUT2D eigenvalue weighted by atomic mass is 15.3. The molecule has 0 saturated heterocycles. The third-order valence-electron chi connectivity index (χ3n) is 3.20. The quantitative estimate of drug-likeness (QED) is 0.874. The summed E-state index contributed by atoms with van der Waals surface area (Å²) in [7, 11) is 2.00. The van der Waals surface area contributed by atoms with Crippen LogP contribution in [0.3, 0.4) is 0 Å². The maximum Gasteiger partial charge on any atom is 0.0625 e. The van der Waals surface area contributed by atoms with E-state index in [0.29, 0.717) is 0 Å². The molecule has 0 bridgehead atoms. The molecule has 0 aliphatic heterocycles. The van der Waals surface area contributed by atoms with Gasteiger partial charge in [-0.3, -0.25) is 4.68 Å². The Labute approximate surface area is 109 Å². The third-order valence-corrected chi connectivity index (χ3v) is 3.20. The average molecular weight is 243 g/mol. The summed E-state index contributed by atoms with van der Waals surface area (Å²) in [5.41, 5.74) is 4.90. The van der Waals surface area contributed by atoms with Crippen molar-refractivity contribution in [2.24, 2.45) is 7.05 Å². The highest BCUT2D eigenvalue weighted by Gasteiger charge is 2.03. The number of aromatic nitrogens is 2. The molecule has 1 N–H and O–H groups in total. The SMILES string of the molecule is CCc1cccc(NCc2cc(CC)nn2C)c1. The Bertz CT molecular complexity index is 514. The first kappa shape index (κ1) is 12.7. The summed E-state index contributed by atoms with van der Waals surface area (Å²) in [5, 5.41) is 7.90. The minimum Gasteiger partial charge on any atom is -0.379 e. The van der Waals surface area contributed by atoms with Crippen molar-refractivity contribution < 1.29 is 0 Å². The van der Waals surface area contributed by atoms with E-state index in [0.717, 1.165) is 25.1 Å². The van der Waals surface area contributed by atoms with Gasteiger partial charge in [0.05, 0.1) is 17.9 Å². The zero-order valence-electron chi connectivity index (χ0n) is 11.4. The van der Waals surface area contributed by atoms with Crippen LogP contribution in [0.1, 0.15) is 30.8 Å². The molecule has 1 aromatic heterocycles. The number of anilines is 1. The van der Waals surface area contributed by atoms with E-state index in [1.54, 1.807) is 0 Å². The number of hydrogen-bond acceptors (Lipinski definition) is 2. The first-order valence-electron chi connectivity index (χ1n) is 6.57. The summed E-state index contributed by atoms with van der Waals surface area (Å²) in [6, 6.07) is 10.7. The molecule has 3 heteroatoms. The van der Waals surface area contributed by atoms with Crippen LogP contribution in [0.15, 0.2) is 30.3 Å². The van der Waals surface area contributed by atoms with E-state index in [-0.39, 0.29) is 0 Å². The molecule has 0 spiro atoms. The van der Waals surface area contributed by atoms with Crippen LogP contribution in [0.25, 0.3) is 0 Å². The maximum absolute atomic E-state index is 4.45. The van der Waals surface area contributed by atoms with Gasteiger partial charge in [0.25, 0.3) is 0 Å². The van der Waals surface area contributed by atoms with Crippen molar-refractivity contribution in [1.29, 1.82) is 0 Å². The lowest BCUT2D eigenvalue weighted by Gasteiger charge is -2.07. The number of rotatable bonds is 5. The Morgan fingerprint density at radius 1 is 1.17 bits per heavy atom. The number of nitrogens with one attached hydrogen (secondary N) is 1. The van der Waals surface area contributed by atoms with E-state index in [9.17, 15) is 0 Å². The largest absolute Gasteiger partial charge is 0.379 e. The van der Waals surface area contributed by atoms with Crippen molar-refractivity contribution in [3.63, 3.8) is 0 Å². The number of aryl methyl sites for hydroxylation is 3. The smallest absolute Gasteiger partial charge is 0.0625 e.